The summed E-state index contributed by atoms with van der Waals surface area (Å²) in [6, 6.07) is -3.22. The number of aliphatic hydroxyl groups excluding tert-OH is 6. The maximum Gasteiger partial charge on any atom is 0.176 e. The summed E-state index contributed by atoms with van der Waals surface area (Å²) < 4.78 is 10.9. The van der Waals surface area contributed by atoms with Crippen molar-refractivity contribution in [1.82, 2.24) is 5.32 Å². The molecule has 2 rings (SSSR count). The van der Waals surface area contributed by atoms with Crippen molar-refractivity contribution < 1.29 is 40.1 Å². The number of aliphatic hydroxyl groups is 6. The van der Waals surface area contributed by atoms with Crippen LogP contribution in [0.2, 0.25) is 0 Å². The van der Waals surface area contributed by atoms with E-state index in [-0.39, 0.29) is 0 Å². The Labute approximate surface area is 138 Å². The van der Waals surface area contributed by atoms with Gasteiger partial charge in [0, 0.05) is 0 Å². The van der Waals surface area contributed by atoms with Crippen LogP contribution in [0, 0.1) is 0 Å². The molecule has 0 aromatic heterocycles. The second kappa shape index (κ2) is 7.85. The molecule has 0 unspecified atom stereocenters. The number of hydrogen-bond acceptors (Lipinski definition) is 11. The normalized spacial score (nSPS) is 53.1. The van der Waals surface area contributed by atoms with E-state index in [1.165, 1.54) is 7.05 Å². The number of nitrogens with one attached hydrogen (secondary N) is 1. The second-order valence-electron chi connectivity index (χ2n) is 6.25. The molecular formula is C13H27N3O8. The van der Waals surface area contributed by atoms with Crippen LogP contribution < -0.4 is 16.8 Å². The van der Waals surface area contributed by atoms with Crippen molar-refractivity contribution in [3.8, 4) is 0 Å². The summed E-state index contributed by atoms with van der Waals surface area (Å²) in [6.07, 6.45) is -10.4. The Balaban J connectivity index is 2.15. The van der Waals surface area contributed by atoms with Crippen LogP contribution in [0.5, 0.6) is 0 Å². The molecule has 2 fully saturated rings. The van der Waals surface area contributed by atoms with Gasteiger partial charge in [0.15, 0.2) is 6.29 Å². The highest BCUT2D eigenvalue weighted by Crippen LogP contribution is 2.27. The first-order valence-electron chi connectivity index (χ1n) is 7.75. The van der Waals surface area contributed by atoms with Crippen LogP contribution in [0.1, 0.15) is 0 Å². The van der Waals surface area contributed by atoms with Crippen LogP contribution in [-0.4, -0.2) is 111 Å². The number of nitrogens with two attached hydrogens (primary N) is 2. The van der Waals surface area contributed by atoms with Crippen molar-refractivity contribution in [1.29, 1.82) is 0 Å². The van der Waals surface area contributed by atoms with Gasteiger partial charge >= 0.3 is 0 Å². The molecule has 11 heteroatoms. The fraction of sp³-hybridized carbons (Fsp3) is 1.00. The van der Waals surface area contributed by atoms with Crippen LogP contribution in [0.25, 0.3) is 0 Å². The summed E-state index contributed by atoms with van der Waals surface area (Å²) >= 11 is 0. The molecule has 0 amide bonds. The van der Waals surface area contributed by atoms with Gasteiger partial charge in [-0.2, -0.15) is 0 Å². The van der Waals surface area contributed by atoms with Crippen molar-refractivity contribution in [2.24, 2.45) is 11.5 Å². The van der Waals surface area contributed by atoms with E-state index in [1.54, 1.807) is 0 Å². The summed E-state index contributed by atoms with van der Waals surface area (Å²) in [5.41, 5.74) is 11.6. The molecule has 2 aliphatic rings. The van der Waals surface area contributed by atoms with Crippen LogP contribution >= 0.6 is 0 Å². The summed E-state index contributed by atoms with van der Waals surface area (Å²) in [4.78, 5) is 0. The molecule has 0 radical (unpaired) electrons. The zero-order valence-electron chi connectivity index (χ0n) is 13.2. The smallest absolute Gasteiger partial charge is 0.176 e. The van der Waals surface area contributed by atoms with Gasteiger partial charge < -0.3 is 56.9 Å². The summed E-state index contributed by atoms with van der Waals surface area (Å²) in [5, 5.41) is 61.9. The molecule has 1 heterocycles. The summed E-state index contributed by atoms with van der Waals surface area (Å²) in [6.45, 7) is -0.579. The van der Waals surface area contributed by atoms with Gasteiger partial charge in [0.05, 0.1) is 43.0 Å². The lowest BCUT2D eigenvalue weighted by molar-refractivity contribution is -0.297. The third kappa shape index (κ3) is 3.43. The van der Waals surface area contributed by atoms with Gasteiger partial charge in [-0.3, -0.25) is 0 Å². The molecule has 11 N–H and O–H groups in total. The largest absolute Gasteiger partial charge is 0.394 e. The zero-order valence-corrected chi connectivity index (χ0v) is 13.2. The van der Waals surface area contributed by atoms with Crippen molar-refractivity contribution in [3.63, 3.8) is 0 Å². The van der Waals surface area contributed by atoms with Gasteiger partial charge in [-0.25, -0.2) is 0 Å². The molecule has 24 heavy (non-hydrogen) atoms. The van der Waals surface area contributed by atoms with Gasteiger partial charge in [-0.15, -0.1) is 0 Å². The van der Waals surface area contributed by atoms with Gasteiger partial charge in [-0.1, -0.05) is 0 Å². The summed E-state index contributed by atoms with van der Waals surface area (Å²) in [7, 11) is 1.49. The predicted octanol–water partition coefficient (Wildman–Crippen LogP) is -5.85. The summed E-state index contributed by atoms with van der Waals surface area (Å²) in [5.74, 6) is 0. The van der Waals surface area contributed by atoms with Crippen molar-refractivity contribution in [2.75, 3.05) is 13.7 Å². The average Bonchev–Trinajstić information content (AvgIpc) is 2.57. The SMILES string of the molecule is CN[C@H]1[C@H](O)[C@@H](O)[C@H](N)[C@@H](O[C@H]2O[C@H](CO)[C@@H](O)[C@H](O)[C@H]2N)[C@@H]1O. The van der Waals surface area contributed by atoms with Gasteiger partial charge in [-0.05, 0) is 7.05 Å². The maximum atomic E-state index is 10.3. The van der Waals surface area contributed by atoms with Crippen molar-refractivity contribution in [2.45, 2.75) is 67.1 Å². The van der Waals surface area contributed by atoms with Crippen LogP contribution in [0.4, 0.5) is 0 Å². The van der Waals surface area contributed by atoms with E-state index < -0.39 is 73.8 Å². The Bertz CT molecular complexity index is 417. The lowest BCUT2D eigenvalue weighted by Gasteiger charge is -2.47. The van der Waals surface area contributed by atoms with Crippen LogP contribution in [-0.2, 0) is 9.47 Å². The first-order valence-corrected chi connectivity index (χ1v) is 7.75. The quantitative estimate of drug-likeness (QED) is 0.233. The number of hydrogen-bond donors (Lipinski definition) is 9. The number of ether oxygens (including phenoxy) is 2. The Morgan fingerprint density at radius 3 is 2.04 bits per heavy atom. The highest BCUT2D eigenvalue weighted by molar-refractivity contribution is 5.05. The fourth-order valence-electron chi connectivity index (χ4n) is 3.16. The highest BCUT2D eigenvalue weighted by atomic mass is 16.7. The molecule has 0 aromatic rings. The van der Waals surface area contributed by atoms with Gasteiger partial charge in [0.2, 0.25) is 0 Å². The van der Waals surface area contributed by atoms with E-state index in [9.17, 15) is 30.6 Å². The second-order valence-corrected chi connectivity index (χ2v) is 6.25. The first-order chi connectivity index (χ1) is 11.2. The van der Waals surface area contributed by atoms with Crippen LogP contribution in [0.15, 0.2) is 0 Å². The average molecular weight is 353 g/mol. The molecule has 1 aliphatic heterocycles. The lowest BCUT2D eigenvalue weighted by Crippen LogP contribution is -2.72. The molecular weight excluding hydrogens is 326 g/mol. The standard InChI is InChI=1S/C13H27N3O8/c1-16-6-10(21)8(19)4(14)12(11(6)22)24-13-5(15)9(20)7(18)3(2-17)23-13/h3-13,16-22H,2,14-15H2,1H3/t3-,4+,5-,6+,7-,8+,9-,10+,11-,12-,13-/m1/s1. The maximum absolute atomic E-state index is 10.3. The minimum absolute atomic E-state index is 0.579. The molecule has 11 atom stereocenters. The Hall–Kier alpha value is -0.440. The molecule has 11 nitrogen and oxygen atoms in total. The van der Waals surface area contributed by atoms with Gasteiger partial charge in [0.25, 0.3) is 0 Å². The molecule has 1 aliphatic carbocycles. The Morgan fingerprint density at radius 1 is 0.917 bits per heavy atom. The van der Waals surface area contributed by atoms with E-state index in [0.717, 1.165) is 0 Å². The van der Waals surface area contributed by atoms with E-state index in [0.29, 0.717) is 0 Å². The van der Waals surface area contributed by atoms with Crippen LogP contribution in [0.3, 0.4) is 0 Å². The Morgan fingerprint density at radius 2 is 1.50 bits per heavy atom. The third-order valence-electron chi connectivity index (χ3n) is 4.75. The van der Waals surface area contributed by atoms with Gasteiger partial charge in [0.1, 0.15) is 24.4 Å². The Kier molecular flexibility index (Phi) is 6.50. The predicted molar refractivity (Wildman–Crippen MR) is 79.5 cm³/mol. The number of rotatable bonds is 4. The molecule has 1 saturated heterocycles. The minimum atomic E-state index is -1.42. The van der Waals surface area contributed by atoms with Crippen molar-refractivity contribution >= 4 is 0 Å². The fourth-order valence-corrected chi connectivity index (χ4v) is 3.16. The first kappa shape index (κ1) is 19.9. The molecule has 142 valence electrons. The van der Waals surface area contributed by atoms with E-state index >= 15 is 0 Å². The molecule has 0 spiro atoms. The monoisotopic (exact) mass is 353 g/mol. The molecule has 0 aromatic carbocycles. The molecule has 0 bridgehead atoms. The topological polar surface area (TPSA) is 204 Å². The minimum Gasteiger partial charge on any atom is -0.394 e. The zero-order chi connectivity index (χ0) is 18.2. The van der Waals surface area contributed by atoms with Crippen molar-refractivity contribution in [3.05, 3.63) is 0 Å². The lowest BCUT2D eigenvalue weighted by atomic mass is 9.81. The third-order valence-corrected chi connectivity index (χ3v) is 4.75. The van der Waals surface area contributed by atoms with E-state index in [4.69, 9.17) is 20.9 Å². The molecule has 1 saturated carbocycles. The highest BCUT2D eigenvalue weighted by Gasteiger charge is 2.51. The van der Waals surface area contributed by atoms with E-state index in [1.807, 2.05) is 0 Å². The number of likely N-dealkylation sites (N-methyl/N-ethyl adjacent to an activating group) is 1. The van der Waals surface area contributed by atoms with E-state index in [2.05, 4.69) is 5.32 Å².